The van der Waals surface area contributed by atoms with Crippen LogP contribution in [0.5, 0.6) is 0 Å². The predicted octanol–water partition coefficient (Wildman–Crippen LogP) is 1.42. The maximum absolute atomic E-state index is 10.8. The molecule has 4 N–H and O–H groups in total. The van der Waals surface area contributed by atoms with Gasteiger partial charge in [-0.05, 0) is 18.4 Å². The first-order valence-electron chi connectivity index (χ1n) is 6.68. The highest BCUT2D eigenvalue weighted by atomic mass is 16.4. The molecule has 1 fully saturated rings. The van der Waals surface area contributed by atoms with Gasteiger partial charge in [-0.25, -0.2) is 4.79 Å². The number of nitrogens with zero attached hydrogens (tertiary/aromatic N) is 1. The van der Waals surface area contributed by atoms with Crippen molar-refractivity contribution >= 4 is 6.09 Å². The predicted molar refractivity (Wildman–Crippen MR) is 74.0 cm³/mol. The number of nitrogens with two attached hydrogens (primary N) is 1. The number of amides is 1. The van der Waals surface area contributed by atoms with Crippen LogP contribution in [-0.2, 0) is 0 Å². The molecule has 0 aliphatic carbocycles. The fourth-order valence-electron chi connectivity index (χ4n) is 2.39. The van der Waals surface area contributed by atoms with E-state index in [1.54, 1.807) is 0 Å². The Morgan fingerprint density at radius 2 is 2.00 bits per heavy atom. The van der Waals surface area contributed by atoms with Crippen LogP contribution < -0.4 is 11.1 Å². The summed E-state index contributed by atoms with van der Waals surface area (Å²) in [5.41, 5.74) is 7.24. The maximum atomic E-state index is 10.8. The Labute approximate surface area is 113 Å². The van der Waals surface area contributed by atoms with Gasteiger partial charge in [0.2, 0.25) is 0 Å². The number of nitrogens with one attached hydrogen (secondary N) is 1. The van der Waals surface area contributed by atoms with Crippen molar-refractivity contribution in [2.24, 2.45) is 5.73 Å². The molecule has 1 amide bonds. The number of hydrogen-bond acceptors (Lipinski definition) is 3. The molecule has 5 heteroatoms. The molecule has 1 aliphatic rings. The topological polar surface area (TPSA) is 78.6 Å². The van der Waals surface area contributed by atoms with Gasteiger partial charge in [0.05, 0.1) is 0 Å². The molecule has 0 bridgehead atoms. The Morgan fingerprint density at radius 3 is 2.58 bits per heavy atom. The molecular formula is C14H21N3O2. The van der Waals surface area contributed by atoms with Crippen molar-refractivity contribution in [3.8, 4) is 0 Å². The third-order valence-corrected chi connectivity index (χ3v) is 3.62. The SMILES string of the molecule is NC(CNC1CCN(C(=O)O)CC1)c1ccccc1. The standard InChI is InChI=1S/C14H21N3O2/c15-13(11-4-2-1-3-5-11)10-16-12-6-8-17(9-7-12)14(18)19/h1-5,12-13,16H,6-10,15H2,(H,18,19). The molecular weight excluding hydrogens is 242 g/mol. The summed E-state index contributed by atoms with van der Waals surface area (Å²) in [5.74, 6) is 0. The van der Waals surface area contributed by atoms with Gasteiger partial charge >= 0.3 is 6.09 Å². The van der Waals surface area contributed by atoms with E-state index in [1.165, 1.54) is 4.90 Å². The summed E-state index contributed by atoms with van der Waals surface area (Å²) in [5, 5.41) is 12.3. The van der Waals surface area contributed by atoms with Gasteiger partial charge in [0.25, 0.3) is 0 Å². The van der Waals surface area contributed by atoms with Crippen molar-refractivity contribution < 1.29 is 9.90 Å². The number of hydrogen-bond donors (Lipinski definition) is 3. The van der Waals surface area contributed by atoms with Gasteiger partial charge in [-0.3, -0.25) is 0 Å². The second-order valence-electron chi connectivity index (χ2n) is 4.97. The molecule has 1 unspecified atom stereocenters. The molecule has 104 valence electrons. The Balaban J connectivity index is 1.73. The maximum Gasteiger partial charge on any atom is 0.407 e. The summed E-state index contributed by atoms with van der Waals surface area (Å²) in [6.07, 6.45) is 0.890. The summed E-state index contributed by atoms with van der Waals surface area (Å²) < 4.78 is 0. The number of carbonyl (C=O) groups is 1. The van der Waals surface area contributed by atoms with Gasteiger partial charge in [-0.1, -0.05) is 30.3 Å². The van der Waals surface area contributed by atoms with Crippen LogP contribution in [0.1, 0.15) is 24.4 Å². The molecule has 5 nitrogen and oxygen atoms in total. The van der Waals surface area contributed by atoms with Gasteiger partial charge in [0, 0.05) is 31.7 Å². The van der Waals surface area contributed by atoms with E-state index < -0.39 is 6.09 Å². The van der Waals surface area contributed by atoms with E-state index in [0.29, 0.717) is 19.1 Å². The van der Waals surface area contributed by atoms with Crippen LogP contribution >= 0.6 is 0 Å². The fraction of sp³-hybridized carbons (Fsp3) is 0.500. The van der Waals surface area contributed by atoms with Gasteiger partial charge in [0.15, 0.2) is 0 Å². The first-order chi connectivity index (χ1) is 9.16. The van der Waals surface area contributed by atoms with E-state index in [1.807, 2.05) is 30.3 Å². The smallest absolute Gasteiger partial charge is 0.407 e. The Kier molecular flexibility index (Phi) is 4.76. The molecule has 0 radical (unpaired) electrons. The Hall–Kier alpha value is -1.59. The molecule has 0 spiro atoms. The molecule has 1 saturated heterocycles. The van der Waals surface area contributed by atoms with Gasteiger partial charge in [-0.15, -0.1) is 0 Å². The summed E-state index contributed by atoms with van der Waals surface area (Å²) >= 11 is 0. The molecule has 1 heterocycles. The van der Waals surface area contributed by atoms with Crippen molar-refractivity contribution in [2.75, 3.05) is 19.6 Å². The van der Waals surface area contributed by atoms with Crippen LogP contribution in [0.25, 0.3) is 0 Å². The zero-order valence-electron chi connectivity index (χ0n) is 11.0. The molecule has 1 aliphatic heterocycles. The molecule has 1 aromatic rings. The number of carboxylic acid groups (broad SMARTS) is 1. The minimum Gasteiger partial charge on any atom is -0.465 e. The largest absolute Gasteiger partial charge is 0.465 e. The monoisotopic (exact) mass is 263 g/mol. The average Bonchev–Trinajstić information content (AvgIpc) is 2.46. The van der Waals surface area contributed by atoms with Gasteiger partial charge in [-0.2, -0.15) is 0 Å². The van der Waals surface area contributed by atoms with E-state index in [-0.39, 0.29) is 6.04 Å². The highest BCUT2D eigenvalue weighted by Gasteiger charge is 2.22. The van der Waals surface area contributed by atoms with Crippen LogP contribution in [0.3, 0.4) is 0 Å². The summed E-state index contributed by atoms with van der Waals surface area (Å²) in [4.78, 5) is 12.3. The molecule has 0 aromatic heterocycles. The minimum absolute atomic E-state index is 0.0151. The zero-order valence-corrected chi connectivity index (χ0v) is 11.0. The molecule has 0 saturated carbocycles. The summed E-state index contributed by atoms with van der Waals surface area (Å²) in [6, 6.07) is 10.4. The quantitative estimate of drug-likeness (QED) is 0.767. The van der Waals surface area contributed by atoms with Gasteiger partial charge in [0.1, 0.15) is 0 Å². The van der Waals surface area contributed by atoms with E-state index in [4.69, 9.17) is 10.8 Å². The van der Waals surface area contributed by atoms with Crippen LogP contribution in [0.15, 0.2) is 30.3 Å². The lowest BCUT2D eigenvalue weighted by Crippen LogP contribution is -2.45. The highest BCUT2D eigenvalue weighted by Crippen LogP contribution is 2.12. The van der Waals surface area contributed by atoms with E-state index in [0.717, 1.165) is 24.9 Å². The molecule has 2 rings (SSSR count). The minimum atomic E-state index is -0.820. The van der Waals surface area contributed by atoms with Crippen molar-refractivity contribution in [3.63, 3.8) is 0 Å². The number of benzene rings is 1. The van der Waals surface area contributed by atoms with Crippen LogP contribution in [0, 0.1) is 0 Å². The van der Waals surface area contributed by atoms with Crippen LogP contribution in [0.2, 0.25) is 0 Å². The van der Waals surface area contributed by atoms with Crippen molar-refractivity contribution in [2.45, 2.75) is 24.9 Å². The normalized spacial score (nSPS) is 18.3. The van der Waals surface area contributed by atoms with E-state index in [9.17, 15) is 4.79 Å². The van der Waals surface area contributed by atoms with E-state index in [2.05, 4.69) is 5.32 Å². The Bertz CT molecular complexity index is 402. The fourth-order valence-corrected chi connectivity index (χ4v) is 2.39. The first-order valence-corrected chi connectivity index (χ1v) is 6.68. The molecule has 19 heavy (non-hydrogen) atoms. The number of rotatable bonds is 4. The van der Waals surface area contributed by atoms with Crippen molar-refractivity contribution in [3.05, 3.63) is 35.9 Å². The van der Waals surface area contributed by atoms with E-state index >= 15 is 0 Å². The second kappa shape index (κ2) is 6.54. The summed E-state index contributed by atoms with van der Waals surface area (Å²) in [7, 11) is 0. The Morgan fingerprint density at radius 1 is 1.37 bits per heavy atom. The number of piperidine rings is 1. The average molecular weight is 263 g/mol. The lowest BCUT2D eigenvalue weighted by Gasteiger charge is -2.31. The molecule has 1 aromatic carbocycles. The summed E-state index contributed by atoms with van der Waals surface area (Å²) in [6.45, 7) is 1.93. The lowest BCUT2D eigenvalue weighted by atomic mass is 10.0. The number of likely N-dealkylation sites (tertiary alicyclic amines) is 1. The van der Waals surface area contributed by atoms with Crippen molar-refractivity contribution in [1.82, 2.24) is 10.2 Å². The van der Waals surface area contributed by atoms with Gasteiger partial charge < -0.3 is 21.1 Å². The third-order valence-electron chi connectivity index (χ3n) is 3.62. The van der Waals surface area contributed by atoms with Crippen LogP contribution in [0.4, 0.5) is 4.79 Å². The highest BCUT2D eigenvalue weighted by molar-refractivity contribution is 5.65. The second-order valence-corrected chi connectivity index (χ2v) is 4.97. The zero-order chi connectivity index (χ0) is 13.7. The third kappa shape index (κ3) is 3.94. The van der Waals surface area contributed by atoms with Crippen LogP contribution in [-0.4, -0.2) is 41.8 Å². The molecule has 1 atom stereocenters. The first kappa shape index (κ1) is 13.8. The van der Waals surface area contributed by atoms with Crippen molar-refractivity contribution in [1.29, 1.82) is 0 Å². The lowest BCUT2D eigenvalue weighted by molar-refractivity contribution is 0.129.